The van der Waals surface area contributed by atoms with E-state index in [-0.39, 0.29) is 46.2 Å². The normalized spacial score (nSPS) is 14.7. The van der Waals surface area contributed by atoms with Crippen LogP contribution in [0.2, 0.25) is 0 Å². The number of aromatic hydroxyl groups is 1. The monoisotopic (exact) mass is 649 g/mol. The minimum absolute atomic E-state index is 0.0233. The predicted molar refractivity (Wildman–Crippen MR) is 166 cm³/mol. The van der Waals surface area contributed by atoms with Gasteiger partial charge in [-0.1, -0.05) is 18.2 Å². The third-order valence-electron chi connectivity index (χ3n) is 8.16. The molecule has 6 aromatic rings. The molecule has 0 fully saturated rings. The second-order valence-electron chi connectivity index (χ2n) is 10.9. The van der Waals surface area contributed by atoms with Crippen molar-refractivity contribution in [3.63, 3.8) is 0 Å². The highest BCUT2D eigenvalue weighted by atomic mass is 35.5. The Morgan fingerprint density at radius 2 is 1.72 bits per heavy atom. The van der Waals surface area contributed by atoms with Gasteiger partial charge in [0.25, 0.3) is 11.8 Å². The molecule has 3 aromatic heterocycles. The van der Waals surface area contributed by atoms with Crippen LogP contribution in [0.1, 0.15) is 48.5 Å². The van der Waals surface area contributed by atoms with E-state index < -0.39 is 41.0 Å². The number of para-hydroxylation sites is 1. The molecule has 7 rings (SSSR count). The lowest BCUT2D eigenvalue weighted by atomic mass is 9.95. The second kappa shape index (κ2) is 10.6. The summed E-state index contributed by atoms with van der Waals surface area (Å²) in [5.74, 6) is -3.49. The SMILES string of the molecule is COC(=O)c1c(C(F)(F)F)[nH]c2c(O)cc3c(c12)C(CCl)CN3C(=O)c1cc2cc(NC(=O)c3cc4ccccc4[nH]3)ccc2[nH]1. The van der Waals surface area contributed by atoms with Crippen LogP contribution in [0.5, 0.6) is 5.75 Å². The van der Waals surface area contributed by atoms with Crippen molar-refractivity contribution >= 4 is 73.5 Å². The molecule has 5 N–H and O–H groups in total. The third kappa shape index (κ3) is 4.62. The average Bonchev–Trinajstić information content (AvgIpc) is 3.81. The predicted octanol–water partition coefficient (Wildman–Crippen LogP) is 6.88. The number of ether oxygens (including phenoxy) is 1. The van der Waals surface area contributed by atoms with E-state index in [9.17, 15) is 32.7 Å². The lowest BCUT2D eigenvalue weighted by Crippen LogP contribution is -2.30. The molecule has 46 heavy (non-hydrogen) atoms. The lowest BCUT2D eigenvalue weighted by Gasteiger charge is -2.17. The third-order valence-corrected chi connectivity index (χ3v) is 8.54. The number of nitrogens with zero attached hydrogens (tertiary/aromatic N) is 1. The van der Waals surface area contributed by atoms with Gasteiger partial charge in [-0.3, -0.25) is 9.59 Å². The fourth-order valence-electron chi connectivity index (χ4n) is 6.12. The van der Waals surface area contributed by atoms with Crippen LogP contribution in [-0.2, 0) is 10.9 Å². The molecule has 1 unspecified atom stereocenters. The van der Waals surface area contributed by atoms with Gasteiger partial charge >= 0.3 is 12.1 Å². The van der Waals surface area contributed by atoms with Crippen molar-refractivity contribution in [3.05, 3.63) is 88.9 Å². The molecule has 1 aliphatic rings. The Kier molecular flexibility index (Phi) is 6.74. The van der Waals surface area contributed by atoms with E-state index in [4.69, 9.17) is 11.6 Å². The van der Waals surface area contributed by atoms with Gasteiger partial charge in [0.05, 0.1) is 23.9 Å². The van der Waals surface area contributed by atoms with Crippen molar-refractivity contribution < 1.29 is 37.4 Å². The number of carbonyl (C=O) groups is 3. The number of anilines is 2. The van der Waals surface area contributed by atoms with E-state index in [2.05, 4.69) is 25.0 Å². The number of carbonyl (C=O) groups excluding carboxylic acids is 3. The maximum absolute atomic E-state index is 14.0. The summed E-state index contributed by atoms with van der Waals surface area (Å²) in [7, 11) is 0.952. The van der Waals surface area contributed by atoms with Crippen molar-refractivity contribution in [1.29, 1.82) is 0 Å². The molecule has 0 saturated carbocycles. The molecule has 4 heterocycles. The number of aromatic amines is 3. The van der Waals surface area contributed by atoms with Gasteiger partial charge in [0.1, 0.15) is 22.8 Å². The number of fused-ring (bicyclic) bond motifs is 5. The van der Waals surface area contributed by atoms with Crippen molar-refractivity contribution in [2.24, 2.45) is 0 Å². The summed E-state index contributed by atoms with van der Waals surface area (Å²) >= 11 is 6.25. The number of benzene rings is 3. The van der Waals surface area contributed by atoms with Gasteiger partial charge in [0.2, 0.25) is 0 Å². The van der Waals surface area contributed by atoms with E-state index in [1.54, 1.807) is 30.3 Å². The first-order valence-electron chi connectivity index (χ1n) is 13.9. The number of phenolic OH excluding ortho intramolecular Hbond substituents is 1. The van der Waals surface area contributed by atoms with Crippen LogP contribution in [-0.4, -0.2) is 57.4 Å². The van der Waals surface area contributed by atoms with Gasteiger partial charge < -0.3 is 35.0 Å². The molecule has 0 aliphatic carbocycles. The molecule has 1 atom stereocenters. The molecule has 0 spiro atoms. The molecule has 0 saturated heterocycles. The van der Waals surface area contributed by atoms with Crippen molar-refractivity contribution in [3.8, 4) is 5.75 Å². The average molecular weight is 650 g/mol. The standard InChI is InChI=1S/C32H23ClF3N5O5/c1-46-31(45)26-25-24-16(12-33)13-41(22(24)11-23(42)27(25)40-28(26)32(34,35)36)30(44)21-10-15-8-17(6-7-19(15)39-21)37-29(43)20-9-14-4-2-3-5-18(14)38-20/h2-11,16,38-40,42H,12-13H2,1H3,(H,37,43). The summed E-state index contributed by atoms with van der Waals surface area (Å²) in [6.07, 6.45) is -4.97. The molecular weight excluding hydrogens is 627 g/mol. The van der Waals surface area contributed by atoms with Crippen molar-refractivity contribution in [2.75, 3.05) is 29.8 Å². The number of nitrogens with one attached hydrogen (secondary N) is 4. The number of esters is 1. The Bertz CT molecular complexity index is 2200. The molecule has 10 nitrogen and oxygen atoms in total. The molecule has 0 bridgehead atoms. The Morgan fingerprint density at radius 1 is 1.00 bits per heavy atom. The summed E-state index contributed by atoms with van der Waals surface area (Å²) < 4.78 is 46.6. The van der Waals surface area contributed by atoms with Crippen LogP contribution in [0.25, 0.3) is 32.7 Å². The zero-order valence-corrected chi connectivity index (χ0v) is 24.6. The van der Waals surface area contributed by atoms with Gasteiger partial charge in [-0.15, -0.1) is 11.6 Å². The lowest BCUT2D eigenvalue weighted by molar-refractivity contribution is -0.141. The first kappa shape index (κ1) is 29.3. The number of H-pyrrole nitrogens is 3. The number of methoxy groups -OCH3 is 1. The fourth-order valence-corrected chi connectivity index (χ4v) is 6.37. The quantitative estimate of drug-likeness (QED) is 0.102. The molecule has 3 aromatic carbocycles. The Balaban J connectivity index is 1.24. The van der Waals surface area contributed by atoms with Gasteiger partial charge in [-0.2, -0.15) is 13.2 Å². The van der Waals surface area contributed by atoms with Gasteiger partial charge in [0.15, 0.2) is 0 Å². The zero-order valence-electron chi connectivity index (χ0n) is 23.8. The zero-order chi connectivity index (χ0) is 32.5. The number of alkyl halides is 4. The Labute approximate surface area is 262 Å². The Hall–Kier alpha value is -5.43. The van der Waals surface area contributed by atoms with E-state index in [0.29, 0.717) is 22.3 Å². The van der Waals surface area contributed by atoms with Crippen LogP contribution >= 0.6 is 11.6 Å². The smallest absolute Gasteiger partial charge is 0.432 e. The van der Waals surface area contributed by atoms with Crippen molar-refractivity contribution in [1.82, 2.24) is 15.0 Å². The molecule has 14 heteroatoms. The van der Waals surface area contributed by atoms with Crippen molar-refractivity contribution in [2.45, 2.75) is 12.1 Å². The molecule has 0 radical (unpaired) electrons. The number of hydrogen-bond donors (Lipinski definition) is 5. The van der Waals surface area contributed by atoms with Gasteiger partial charge in [0, 0.05) is 57.3 Å². The highest BCUT2D eigenvalue weighted by Crippen LogP contribution is 2.49. The number of hydrogen-bond acceptors (Lipinski definition) is 5. The highest BCUT2D eigenvalue weighted by Gasteiger charge is 2.43. The molecule has 2 amide bonds. The Morgan fingerprint density at radius 3 is 2.43 bits per heavy atom. The largest absolute Gasteiger partial charge is 0.506 e. The number of halogens is 4. The van der Waals surface area contributed by atoms with E-state index in [1.807, 2.05) is 24.3 Å². The van der Waals surface area contributed by atoms with Crippen LogP contribution in [0, 0.1) is 0 Å². The first-order valence-corrected chi connectivity index (χ1v) is 14.5. The molecule has 234 valence electrons. The summed E-state index contributed by atoms with van der Waals surface area (Å²) in [6.45, 7) is -0.0233. The van der Waals surface area contributed by atoms with E-state index in [0.717, 1.165) is 18.0 Å². The fraction of sp³-hybridized carbons (Fsp3) is 0.156. The summed E-state index contributed by atoms with van der Waals surface area (Å²) in [5, 5.41) is 14.9. The summed E-state index contributed by atoms with van der Waals surface area (Å²) in [6, 6.07) is 17.1. The number of rotatable bonds is 5. The summed E-state index contributed by atoms with van der Waals surface area (Å²) in [5.41, 5.74) is 0.260. The number of aromatic nitrogens is 3. The van der Waals surface area contributed by atoms with Crippen LogP contribution in [0.15, 0.2) is 60.7 Å². The maximum atomic E-state index is 14.0. The van der Waals surface area contributed by atoms with Crippen LogP contribution in [0.3, 0.4) is 0 Å². The summed E-state index contributed by atoms with van der Waals surface area (Å²) in [4.78, 5) is 49.0. The van der Waals surface area contributed by atoms with Crippen LogP contribution in [0.4, 0.5) is 24.5 Å². The molecular formula is C32H23ClF3N5O5. The molecule has 1 aliphatic heterocycles. The number of amides is 2. The topological polar surface area (TPSA) is 143 Å². The highest BCUT2D eigenvalue weighted by molar-refractivity contribution is 6.20. The minimum Gasteiger partial charge on any atom is -0.506 e. The first-order chi connectivity index (χ1) is 22.0. The van der Waals surface area contributed by atoms with Crippen LogP contribution < -0.4 is 10.2 Å². The van der Waals surface area contributed by atoms with E-state index >= 15 is 0 Å². The van der Waals surface area contributed by atoms with Gasteiger partial charge in [-0.05, 0) is 42.0 Å². The number of phenols is 1. The maximum Gasteiger partial charge on any atom is 0.432 e. The van der Waals surface area contributed by atoms with Gasteiger partial charge in [-0.25, -0.2) is 4.79 Å². The van der Waals surface area contributed by atoms with E-state index in [1.165, 1.54) is 11.0 Å². The second-order valence-corrected chi connectivity index (χ2v) is 11.2. The minimum atomic E-state index is -4.97.